The van der Waals surface area contributed by atoms with E-state index in [1.807, 2.05) is 0 Å². The van der Waals surface area contributed by atoms with Gasteiger partial charge in [-0.25, -0.2) is 9.18 Å². The van der Waals surface area contributed by atoms with E-state index in [2.05, 4.69) is 12.2 Å². The third-order valence-corrected chi connectivity index (χ3v) is 4.41. The number of nitrogens with one attached hydrogen (secondary N) is 1. The van der Waals surface area contributed by atoms with Crippen molar-refractivity contribution in [1.82, 2.24) is 0 Å². The molecule has 1 fully saturated rings. The summed E-state index contributed by atoms with van der Waals surface area (Å²) in [6.45, 7) is 2.97. The summed E-state index contributed by atoms with van der Waals surface area (Å²) in [5.41, 5.74) is 5.43. The fourth-order valence-corrected chi connectivity index (χ4v) is 3.00. The number of carbonyl (C=O) groups is 1. The van der Waals surface area contributed by atoms with Crippen LogP contribution in [0.4, 0.5) is 15.8 Å². The molecule has 0 atom stereocenters. The molecule has 1 aliphatic carbocycles. The van der Waals surface area contributed by atoms with Gasteiger partial charge in [0.25, 0.3) is 0 Å². The monoisotopic (exact) mass is 294 g/mol. The summed E-state index contributed by atoms with van der Waals surface area (Å²) in [7, 11) is 0. The van der Waals surface area contributed by atoms with Crippen LogP contribution in [0.3, 0.4) is 0 Å². The van der Waals surface area contributed by atoms with Gasteiger partial charge < -0.3 is 16.2 Å². The van der Waals surface area contributed by atoms with Crippen LogP contribution in [0.2, 0.25) is 0 Å². The van der Waals surface area contributed by atoms with Gasteiger partial charge in [-0.1, -0.05) is 32.6 Å². The number of rotatable bonds is 5. The van der Waals surface area contributed by atoms with E-state index < -0.39 is 11.8 Å². The molecule has 1 aromatic rings. The summed E-state index contributed by atoms with van der Waals surface area (Å²) < 4.78 is 13.4. The van der Waals surface area contributed by atoms with Crippen LogP contribution >= 0.6 is 0 Å². The Bertz CT molecular complexity index is 511. The number of benzene rings is 1. The maximum atomic E-state index is 13.4. The minimum absolute atomic E-state index is 0.174. The van der Waals surface area contributed by atoms with Crippen molar-refractivity contribution in [3.63, 3.8) is 0 Å². The Hall–Kier alpha value is -1.78. The van der Waals surface area contributed by atoms with Crippen molar-refractivity contribution < 1.29 is 14.3 Å². The second-order valence-corrected chi connectivity index (χ2v) is 6.03. The maximum Gasteiger partial charge on any atom is 0.340 e. The van der Waals surface area contributed by atoms with Gasteiger partial charge in [-0.3, -0.25) is 0 Å². The SMILES string of the molecule is CC1CCC(CCNc2ccc(F)c(N)c2C(=O)O)CC1. The molecule has 0 heterocycles. The van der Waals surface area contributed by atoms with Crippen LogP contribution < -0.4 is 11.1 Å². The number of hydrogen-bond donors (Lipinski definition) is 3. The molecule has 1 aromatic carbocycles. The van der Waals surface area contributed by atoms with Crippen molar-refractivity contribution in [2.75, 3.05) is 17.6 Å². The summed E-state index contributed by atoms with van der Waals surface area (Å²) in [6.07, 6.45) is 6.02. The first kappa shape index (κ1) is 15.6. The molecule has 5 heteroatoms. The molecule has 0 unspecified atom stereocenters. The fraction of sp³-hybridized carbons (Fsp3) is 0.562. The van der Waals surface area contributed by atoms with Gasteiger partial charge in [-0.15, -0.1) is 0 Å². The number of nitrogens with two attached hydrogens (primary N) is 1. The van der Waals surface area contributed by atoms with Crippen LogP contribution in [-0.2, 0) is 0 Å². The average Bonchev–Trinajstić information content (AvgIpc) is 2.44. The largest absolute Gasteiger partial charge is 0.478 e. The van der Waals surface area contributed by atoms with E-state index in [-0.39, 0.29) is 11.3 Å². The number of carboxylic acids is 1. The molecule has 1 aliphatic rings. The van der Waals surface area contributed by atoms with Crippen LogP contribution in [0.15, 0.2) is 12.1 Å². The molecule has 0 saturated heterocycles. The zero-order chi connectivity index (χ0) is 15.4. The third-order valence-electron chi connectivity index (χ3n) is 4.41. The minimum atomic E-state index is -1.21. The molecule has 0 spiro atoms. The predicted molar refractivity (Wildman–Crippen MR) is 82.0 cm³/mol. The van der Waals surface area contributed by atoms with Crippen molar-refractivity contribution >= 4 is 17.3 Å². The molecule has 0 aliphatic heterocycles. The maximum absolute atomic E-state index is 13.4. The molecule has 116 valence electrons. The lowest BCUT2D eigenvalue weighted by atomic mass is 9.81. The zero-order valence-electron chi connectivity index (χ0n) is 12.4. The molecule has 1 saturated carbocycles. The summed E-state index contributed by atoms with van der Waals surface area (Å²) in [4.78, 5) is 11.2. The molecule has 4 nitrogen and oxygen atoms in total. The molecule has 0 radical (unpaired) electrons. The second-order valence-electron chi connectivity index (χ2n) is 6.03. The van der Waals surface area contributed by atoms with Gasteiger partial charge in [0.15, 0.2) is 0 Å². The summed E-state index contributed by atoms with van der Waals surface area (Å²) >= 11 is 0. The van der Waals surface area contributed by atoms with Gasteiger partial charge in [0.05, 0.1) is 11.4 Å². The van der Waals surface area contributed by atoms with Gasteiger partial charge in [0.1, 0.15) is 11.4 Å². The van der Waals surface area contributed by atoms with Crippen LogP contribution in [0, 0.1) is 17.7 Å². The van der Waals surface area contributed by atoms with Crippen molar-refractivity contribution in [3.8, 4) is 0 Å². The third kappa shape index (κ3) is 3.86. The lowest BCUT2D eigenvalue weighted by Crippen LogP contribution is -2.17. The van der Waals surface area contributed by atoms with Crippen LogP contribution in [0.25, 0.3) is 0 Å². The Morgan fingerprint density at radius 1 is 1.38 bits per heavy atom. The van der Waals surface area contributed by atoms with Crippen molar-refractivity contribution in [3.05, 3.63) is 23.5 Å². The van der Waals surface area contributed by atoms with Crippen LogP contribution in [0.5, 0.6) is 0 Å². The number of anilines is 2. The zero-order valence-corrected chi connectivity index (χ0v) is 12.4. The van der Waals surface area contributed by atoms with Gasteiger partial charge >= 0.3 is 5.97 Å². The number of hydrogen-bond acceptors (Lipinski definition) is 3. The topological polar surface area (TPSA) is 75.3 Å². The first-order chi connectivity index (χ1) is 9.99. The Kier molecular flexibility index (Phi) is 5.04. The number of halogens is 1. The first-order valence-electron chi connectivity index (χ1n) is 7.54. The Balaban J connectivity index is 1.94. The van der Waals surface area contributed by atoms with E-state index in [0.717, 1.165) is 12.3 Å². The smallest absolute Gasteiger partial charge is 0.340 e. The van der Waals surface area contributed by atoms with E-state index in [0.29, 0.717) is 18.2 Å². The second kappa shape index (κ2) is 6.78. The Morgan fingerprint density at radius 2 is 2.05 bits per heavy atom. The number of nitrogen functional groups attached to an aromatic ring is 1. The summed E-state index contributed by atoms with van der Waals surface area (Å²) in [5, 5.41) is 12.3. The van der Waals surface area contributed by atoms with Gasteiger partial charge in [0, 0.05) is 6.54 Å². The van der Waals surface area contributed by atoms with Gasteiger partial charge in [-0.05, 0) is 30.4 Å². The van der Waals surface area contributed by atoms with Gasteiger partial charge in [0.2, 0.25) is 0 Å². The molecule has 0 aromatic heterocycles. The highest BCUT2D eigenvalue weighted by molar-refractivity contribution is 6.00. The van der Waals surface area contributed by atoms with Crippen LogP contribution in [-0.4, -0.2) is 17.6 Å². The summed E-state index contributed by atoms with van der Waals surface area (Å²) in [5.74, 6) is -0.385. The van der Waals surface area contributed by atoms with E-state index in [1.165, 1.54) is 37.8 Å². The summed E-state index contributed by atoms with van der Waals surface area (Å²) in [6, 6.07) is 2.64. The lowest BCUT2D eigenvalue weighted by Gasteiger charge is -2.26. The van der Waals surface area contributed by atoms with Gasteiger partial charge in [-0.2, -0.15) is 0 Å². The first-order valence-corrected chi connectivity index (χ1v) is 7.54. The average molecular weight is 294 g/mol. The standard InChI is InChI=1S/C16H23FN2O2/c1-10-2-4-11(5-3-10)8-9-19-13-7-6-12(17)15(18)14(13)16(20)21/h6-7,10-11,19H,2-5,8-9,18H2,1H3,(H,20,21). The van der Waals surface area contributed by atoms with Crippen molar-refractivity contribution in [2.45, 2.75) is 39.0 Å². The highest BCUT2D eigenvalue weighted by Gasteiger charge is 2.19. The van der Waals surface area contributed by atoms with E-state index in [4.69, 9.17) is 10.8 Å². The number of carboxylic acid groups (broad SMARTS) is 1. The molecule has 2 rings (SSSR count). The molecule has 0 amide bonds. The van der Waals surface area contributed by atoms with E-state index in [9.17, 15) is 9.18 Å². The highest BCUT2D eigenvalue weighted by Crippen LogP contribution is 2.31. The van der Waals surface area contributed by atoms with Crippen LogP contribution in [0.1, 0.15) is 49.4 Å². The minimum Gasteiger partial charge on any atom is -0.478 e. The normalized spacial score (nSPS) is 22.0. The molecule has 4 N–H and O–H groups in total. The predicted octanol–water partition coefficient (Wildman–Crippen LogP) is 3.73. The fourth-order valence-electron chi connectivity index (χ4n) is 3.00. The lowest BCUT2D eigenvalue weighted by molar-refractivity contribution is 0.0698. The van der Waals surface area contributed by atoms with Crippen molar-refractivity contribution in [2.24, 2.45) is 11.8 Å². The molecule has 0 bridgehead atoms. The van der Waals surface area contributed by atoms with E-state index >= 15 is 0 Å². The Labute approximate surface area is 124 Å². The van der Waals surface area contributed by atoms with Crippen molar-refractivity contribution in [1.29, 1.82) is 0 Å². The Morgan fingerprint density at radius 3 is 2.67 bits per heavy atom. The molecular weight excluding hydrogens is 271 g/mol. The molecule has 21 heavy (non-hydrogen) atoms. The quantitative estimate of drug-likeness (QED) is 0.723. The van der Waals surface area contributed by atoms with E-state index in [1.54, 1.807) is 0 Å². The number of aromatic carboxylic acids is 1. The molecular formula is C16H23FN2O2. The highest BCUT2D eigenvalue weighted by atomic mass is 19.1.